The first kappa shape index (κ1) is 18.6. The summed E-state index contributed by atoms with van der Waals surface area (Å²) in [7, 11) is 3.46. The third kappa shape index (κ3) is 4.30. The van der Waals surface area contributed by atoms with Crippen LogP contribution in [0.2, 0.25) is 0 Å². The molecule has 1 aliphatic heterocycles. The van der Waals surface area contributed by atoms with E-state index in [2.05, 4.69) is 51.4 Å². The molecule has 1 aromatic carbocycles. The smallest absolute Gasteiger partial charge is 0.221 e. The number of ether oxygens (including phenoxy) is 2. The molecule has 7 nitrogen and oxygen atoms in total. The van der Waals surface area contributed by atoms with Crippen molar-refractivity contribution in [3.05, 3.63) is 47.7 Å². The van der Waals surface area contributed by atoms with E-state index in [0.717, 1.165) is 18.9 Å². The van der Waals surface area contributed by atoms with E-state index in [1.54, 1.807) is 20.4 Å². The Balaban J connectivity index is 1.66. The number of rotatable bonds is 7. The van der Waals surface area contributed by atoms with Crippen LogP contribution in [-0.4, -0.2) is 49.4 Å². The van der Waals surface area contributed by atoms with Crippen molar-refractivity contribution in [3.8, 4) is 0 Å². The van der Waals surface area contributed by atoms with Gasteiger partial charge in [0.15, 0.2) is 0 Å². The molecule has 1 saturated heterocycles. The van der Waals surface area contributed by atoms with Gasteiger partial charge >= 0.3 is 0 Å². The average molecular weight is 357 g/mol. The lowest BCUT2D eigenvalue weighted by Crippen LogP contribution is -2.41. The predicted molar refractivity (Wildman–Crippen MR) is 102 cm³/mol. The highest BCUT2D eigenvalue weighted by Crippen LogP contribution is 2.23. The molecule has 3 atom stereocenters. The van der Waals surface area contributed by atoms with Crippen molar-refractivity contribution in [3.63, 3.8) is 0 Å². The van der Waals surface area contributed by atoms with Crippen molar-refractivity contribution in [2.24, 2.45) is 0 Å². The van der Waals surface area contributed by atoms with Gasteiger partial charge in [-0.2, -0.15) is 4.98 Å². The summed E-state index contributed by atoms with van der Waals surface area (Å²) >= 11 is 0. The van der Waals surface area contributed by atoms with Crippen LogP contribution in [0, 0.1) is 0 Å². The Kier molecular flexibility index (Phi) is 6.03. The van der Waals surface area contributed by atoms with Crippen LogP contribution >= 0.6 is 0 Å². The quantitative estimate of drug-likeness (QED) is 0.781. The van der Waals surface area contributed by atoms with Gasteiger partial charge in [0.05, 0.1) is 18.8 Å². The number of hydrogen-bond donors (Lipinski definition) is 2. The van der Waals surface area contributed by atoms with Gasteiger partial charge in [-0.05, 0) is 24.1 Å². The Hall–Kier alpha value is -2.22. The van der Waals surface area contributed by atoms with Gasteiger partial charge in [0.2, 0.25) is 5.95 Å². The van der Waals surface area contributed by atoms with E-state index < -0.39 is 0 Å². The summed E-state index contributed by atoms with van der Waals surface area (Å²) in [5.74, 6) is 1.12. The maximum Gasteiger partial charge on any atom is 0.221 e. The molecule has 0 saturated carbocycles. The van der Waals surface area contributed by atoms with Gasteiger partial charge in [0.1, 0.15) is 5.82 Å². The second-order valence-corrected chi connectivity index (χ2v) is 6.62. The van der Waals surface area contributed by atoms with E-state index in [1.807, 2.05) is 6.07 Å². The standard InChI is InChI=1S/C19H27N5O2/c1-13(15-6-4-14(5-7-15)12-25-2)22-16-10-24(11-17(16)26-3)18-8-9-21-19(20)23-18/h4-9,13,16-17,22H,10-12H2,1-3H3,(H2,20,21,23)/t13?,16-,17+/m1/s1. The molecule has 0 aliphatic carbocycles. The number of nitrogen functional groups attached to an aromatic ring is 1. The Morgan fingerprint density at radius 3 is 2.65 bits per heavy atom. The number of nitrogens with zero attached hydrogens (tertiary/aromatic N) is 3. The number of nitrogens with two attached hydrogens (primary N) is 1. The monoisotopic (exact) mass is 357 g/mol. The largest absolute Gasteiger partial charge is 0.380 e. The van der Waals surface area contributed by atoms with Crippen molar-refractivity contribution in [1.29, 1.82) is 0 Å². The fourth-order valence-corrected chi connectivity index (χ4v) is 3.39. The lowest BCUT2D eigenvalue weighted by atomic mass is 10.0. The SMILES string of the molecule is COCc1ccc(C(C)N[C@@H]2CN(c3ccnc(N)n3)C[C@@H]2OC)cc1. The summed E-state index contributed by atoms with van der Waals surface area (Å²) in [4.78, 5) is 10.5. The minimum Gasteiger partial charge on any atom is -0.380 e. The van der Waals surface area contributed by atoms with Crippen LogP contribution in [-0.2, 0) is 16.1 Å². The van der Waals surface area contributed by atoms with E-state index >= 15 is 0 Å². The van der Waals surface area contributed by atoms with Crippen LogP contribution in [0.15, 0.2) is 36.5 Å². The molecule has 140 valence electrons. The third-order valence-electron chi connectivity index (χ3n) is 4.81. The van der Waals surface area contributed by atoms with Crippen LogP contribution in [0.1, 0.15) is 24.1 Å². The second kappa shape index (κ2) is 8.44. The van der Waals surface area contributed by atoms with E-state index in [-0.39, 0.29) is 24.1 Å². The van der Waals surface area contributed by atoms with Crippen molar-refractivity contribution < 1.29 is 9.47 Å². The zero-order valence-electron chi connectivity index (χ0n) is 15.6. The molecule has 1 unspecified atom stereocenters. The number of aromatic nitrogens is 2. The van der Waals surface area contributed by atoms with Gasteiger partial charge in [0.25, 0.3) is 0 Å². The van der Waals surface area contributed by atoms with Gasteiger partial charge in [0, 0.05) is 39.5 Å². The van der Waals surface area contributed by atoms with E-state index in [9.17, 15) is 0 Å². The normalized spacial score (nSPS) is 21.1. The van der Waals surface area contributed by atoms with Gasteiger partial charge in [-0.3, -0.25) is 0 Å². The Labute approximate surface area is 154 Å². The van der Waals surface area contributed by atoms with Gasteiger partial charge in [-0.1, -0.05) is 24.3 Å². The second-order valence-electron chi connectivity index (χ2n) is 6.62. The number of methoxy groups -OCH3 is 2. The maximum absolute atomic E-state index is 5.71. The summed E-state index contributed by atoms with van der Waals surface area (Å²) in [6.45, 7) is 4.38. The molecule has 3 rings (SSSR count). The van der Waals surface area contributed by atoms with Crippen LogP contribution < -0.4 is 16.0 Å². The number of benzene rings is 1. The molecule has 26 heavy (non-hydrogen) atoms. The highest BCUT2D eigenvalue weighted by molar-refractivity contribution is 5.43. The average Bonchev–Trinajstić information content (AvgIpc) is 3.05. The van der Waals surface area contributed by atoms with Crippen molar-refractivity contribution in [2.45, 2.75) is 31.7 Å². The summed E-state index contributed by atoms with van der Waals surface area (Å²) < 4.78 is 10.9. The molecule has 7 heteroatoms. The van der Waals surface area contributed by atoms with Crippen LogP contribution in [0.4, 0.5) is 11.8 Å². The Morgan fingerprint density at radius 2 is 2.00 bits per heavy atom. The fourth-order valence-electron chi connectivity index (χ4n) is 3.39. The van der Waals surface area contributed by atoms with Crippen LogP contribution in [0.3, 0.4) is 0 Å². The molecule has 0 spiro atoms. The van der Waals surface area contributed by atoms with Crippen molar-refractivity contribution in [1.82, 2.24) is 15.3 Å². The highest BCUT2D eigenvalue weighted by Gasteiger charge is 2.34. The summed E-state index contributed by atoms with van der Waals surface area (Å²) in [6.07, 6.45) is 1.77. The first-order chi connectivity index (χ1) is 12.6. The van der Waals surface area contributed by atoms with Crippen LogP contribution in [0.5, 0.6) is 0 Å². The summed E-state index contributed by atoms with van der Waals surface area (Å²) in [5.41, 5.74) is 8.13. The number of nitrogens with one attached hydrogen (secondary N) is 1. The molecular weight excluding hydrogens is 330 g/mol. The molecule has 1 fully saturated rings. The molecular formula is C19H27N5O2. The number of hydrogen-bond acceptors (Lipinski definition) is 7. The molecule has 1 aliphatic rings. The van der Waals surface area contributed by atoms with E-state index in [0.29, 0.717) is 6.61 Å². The van der Waals surface area contributed by atoms with Gasteiger partial charge in [-0.25, -0.2) is 4.98 Å². The molecule has 2 aromatic rings. The fraction of sp³-hybridized carbons (Fsp3) is 0.474. The third-order valence-corrected chi connectivity index (χ3v) is 4.81. The Morgan fingerprint density at radius 1 is 1.23 bits per heavy atom. The first-order valence-corrected chi connectivity index (χ1v) is 8.80. The minimum absolute atomic E-state index is 0.0846. The van der Waals surface area contributed by atoms with Crippen molar-refractivity contribution >= 4 is 11.8 Å². The first-order valence-electron chi connectivity index (χ1n) is 8.80. The zero-order chi connectivity index (χ0) is 18.5. The van der Waals surface area contributed by atoms with Gasteiger partial charge in [-0.15, -0.1) is 0 Å². The van der Waals surface area contributed by atoms with Gasteiger partial charge < -0.3 is 25.4 Å². The lowest BCUT2D eigenvalue weighted by Gasteiger charge is -2.23. The summed E-state index contributed by atoms with van der Waals surface area (Å²) in [5, 5.41) is 3.69. The predicted octanol–water partition coefficient (Wildman–Crippen LogP) is 1.76. The molecule has 0 amide bonds. The van der Waals surface area contributed by atoms with E-state index in [4.69, 9.17) is 15.2 Å². The molecule has 0 radical (unpaired) electrons. The van der Waals surface area contributed by atoms with E-state index in [1.165, 1.54) is 11.1 Å². The molecule has 3 N–H and O–H groups in total. The molecule has 2 heterocycles. The highest BCUT2D eigenvalue weighted by atomic mass is 16.5. The van der Waals surface area contributed by atoms with Crippen LogP contribution in [0.25, 0.3) is 0 Å². The minimum atomic E-state index is 0.0846. The molecule has 1 aromatic heterocycles. The zero-order valence-corrected chi connectivity index (χ0v) is 15.6. The summed E-state index contributed by atoms with van der Waals surface area (Å²) in [6, 6.07) is 10.8. The maximum atomic E-state index is 5.71. The van der Waals surface area contributed by atoms with Crippen molar-refractivity contribution in [2.75, 3.05) is 37.9 Å². The Bertz CT molecular complexity index is 709. The molecule has 0 bridgehead atoms. The number of anilines is 2. The topological polar surface area (TPSA) is 85.5 Å². The lowest BCUT2D eigenvalue weighted by molar-refractivity contribution is 0.0938.